The fraction of sp³-hybridized carbons (Fsp3) is 0.733. The number of rotatable bonds is 8. The summed E-state index contributed by atoms with van der Waals surface area (Å²) in [6.07, 6.45) is 5.88. The summed E-state index contributed by atoms with van der Waals surface area (Å²) in [5.41, 5.74) is 1.32. The Morgan fingerprint density at radius 2 is 1.53 bits per heavy atom. The molecule has 4 heteroatoms. The minimum Gasteiger partial charge on any atom is -0.370 e. The van der Waals surface area contributed by atoms with E-state index in [0.717, 1.165) is 43.9 Å². The van der Waals surface area contributed by atoms with Gasteiger partial charge in [-0.2, -0.15) is 0 Å². The Morgan fingerprint density at radius 3 is 2.00 bits per heavy atom. The third-order valence-electron chi connectivity index (χ3n) is 4.06. The molecule has 2 N–H and O–H groups in total. The molecule has 0 aliphatic rings. The number of nitrogens with zero attached hydrogens (tertiary/aromatic N) is 2. The van der Waals surface area contributed by atoms with Crippen LogP contribution in [0.4, 0.5) is 11.6 Å². The van der Waals surface area contributed by atoms with Gasteiger partial charge < -0.3 is 10.6 Å². The topological polar surface area (TPSA) is 49.8 Å². The first-order valence-electron chi connectivity index (χ1n) is 7.52. The maximum atomic E-state index is 4.46. The van der Waals surface area contributed by atoms with Gasteiger partial charge in [-0.25, -0.2) is 9.97 Å². The van der Waals surface area contributed by atoms with E-state index in [0.29, 0.717) is 0 Å². The molecule has 0 radical (unpaired) electrons. The van der Waals surface area contributed by atoms with E-state index < -0.39 is 0 Å². The predicted molar refractivity (Wildman–Crippen MR) is 82.8 cm³/mol. The average Bonchev–Trinajstić information content (AvgIpc) is 2.45. The number of nitrogens with one attached hydrogen (secondary N) is 2. The van der Waals surface area contributed by atoms with Crippen molar-refractivity contribution in [3.8, 4) is 0 Å². The molecule has 0 saturated carbocycles. The van der Waals surface area contributed by atoms with E-state index in [9.17, 15) is 0 Å². The van der Waals surface area contributed by atoms with Crippen molar-refractivity contribution in [1.82, 2.24) is 9.97 Å². The van der Waals surface area contributed by atoms with Crippen molar-refractivity contribution in [2.75, 3.05) is 17.2 Å². The summed E-state index contributed by atoms with van der Waals surface area (Å²) >= 11 is 0. The van der Waals surface area contributed by atoms with E-state index >= 15 is 0 Å². The fourth-order valence-electron chi connectivity index (χ4n) is 2.44. The van der Waals surface area contributed by atoms with Crippen LogP contribution >= 0.6 is 0 Å². The molecule has 0 bridgehead atoms. The molecule has 1 heterocycles. The number of aromatic nitrogens is 2. The molecule has 0 aliphatic heterocycles. The lowest BCUT2D eigenvalue weighted by Gasteiger charge is -2.33. The SMILES string of the molecule is CCNc1ncnc(NC(CC)(CC)CC)c1CC. The second-order valence-corrected chi connectivity index (χ2v) is 4.90. The molecular formula is C15H28N4. The van der Waals surface area contributed by atoms with E-state index in [-0.39, 0.29) is 5.54 Å². The second-order valence-electron chi connectivity index (χ2n) is 4.90. The van der Waals surface area contributed by atoms with Crippen LogP contribution in [0.5, 0.6) is 0 Å². The summed E-state index contributed by atoms with van der Waals surface area (Å²) in [6.45, 7) is 11.8. The summed E-state index contributed by atoms with van der Waals surface area (Å²) in [7, 11) is 0. The molecule has 19 heavy (non-hydrogen) atoms. The van der Waals surface area contributed by atoms with Crippen LogP contribution < -0.4 is 10.6 Å². The summed E-state index contributed by atoms with van der Waals surface area (Å²) in [5, 5.41) is 6.98. The first kappa shape index (κ1) is 15.7. The Bertz CT molecular complexity index is 377. The molecule has 0 fully saturated rings. The van der Waals surface area contributed by atoms with Gasteiger partial charge in [0.05, 0.1) is 0 Å². The van der Waals surface area contributed by atoms with Gasteiger partial charge in [0, 0.05) is 17.6 Å². The van der Waals surface area contributed by atoms with E-state index in [4.69, 9.17) is 0 Å². The van der Waals surface area contributed by atoms with Crippen LogP contribution in [-0.4, -0.2) is 22.1 Å². The molecule has 4 nitrogen and oxygen atoms in total. The Morgan fingerprint density at radius 1 is 0.947 bits per heavy atom. The molecule has 0 aliphatic carbocycles. The maximum Gasteiger partial charge on any atom is 0.135 e. The van der Waals surface area contributed by atoms with Gasteiger partial charge in [0.1, 0.15) is 18.0 Å². The standard InChI is InChI=1S/C15H28N4/c1-6-12-13(16-10-5)17-11-18-14(12)19-15(7-2,8-3)9-4/h11H,6-10H2,1-5H3,(H2,16,17,18,19). The molecule has 0 atom stereocenters. The average molecular weight is 264 g/mol. The van der Waals surface area contributed by atoms with Gasteiger partial charge in [-0.1, -0.05) is 27.7 Å². The van der Waals surface area contributed by atoms with Crippen molar-refractivity contribution in [1.29, 1.82) is 0 Å². The molecule has 1 aromatic heterocycles. The Hall–Kier alpha value is -1.32. The van der Waals surface area contributed by atoms with Gasteiger partial charge in [-0.3, -0.25) is 0 Å². The number of hydrogen-bond acceptors (Lipinski definition) is 4. The third kappa shape index (κ3) is 3.58. The van der Waals surface area contributed by atoms with Crippen LogP contribution in [0.3, 0.4) is 0 Å². The lowest BCUT2D eigenvalue weighted by atomic mass is 9.89. The van der Waals surface area contributed by atoms with Gasteiger partial charge in [0.15, 0.2) is 0 Å². The van der Waals surface area contributed by atoms with Crippen LogP contribution in [0.25, 0.3) is 0 Å². The van der Waals surface area contributed by atoms with Crippen LogP contribution in [-0.2, 0) is 6.42 Å². The zero-order valence-corrected chi connectivity index (χ0v) is 13.0. The van der Waals surface area contributed by atoms with Crippen molar-refractivity contribution in [2.45, 2.75) is 65.8 Å². The molecule has 1 aromatic rings. The predicted octanol–water partition coefficient (Wildman–Crippen LogP) is 3.85. The lowest BCUT2D eigenvalue weighted by Crippen LogP contribution is -2.37. The quantitative estimate of drug-likeness (QED) is 0.748. The molecule has 0 amide bonds. The minimum absolute atomic E-state index is 0.141. The lowest BCUT2D eigenvalue weighted by molar-refractivity contribution is 0.418. The highest BCUT2D eigenvalue weighted by molar-refractivity contribution is 5.58. The van der Waals surface area contributed by atoms with Crippen LogP contribution in [0, 0.1) is 0 Å². The second kappa shape index (κ2) is 7.31. The van der Waals surface area contributed by atoms with Crippen LogP contribution in [0.1, 0.15) is 59.4 Å². The molecule has 0 saturated heterocycles. The van der Waals surface area contributed by atoms with Gasteiger partial charge in [-0.05, 0) is 32.6 Å². The zero-order valence-electron chi connectivity index (χ0n) is 13.0. The van der Waals surface area contributed by atoms with E-state index in [1.54, 1.807) is 6.33 Å². The molecule has 108 valence electrons. The number of hydrogen-bond donors (Lipinski definition) is 2. The maximum absolute atomic E-state index is 4.46. The first-order valence-corrected chi connectivity index (χ1v) is 7.52. The minimum atomic E-state index is 0.141. The van der Waals surface area contributed by atoms with Crippen molar-refractivity contribution < 1.29 is 0 Å². The normalized spacial score (nSPS) is 11.4. The Labute approximate surface area is 117 Å². The highest BCUT2D eigenvalue weighted by Crippen LogP contribution is 2.28. The molecule has 0 spiro atoms. The van der Waals surface area contributed by atoms with Crippen molar-refractivity contribution in [3.63, 3.8) is 0 Å². The summed E-state index contributed by atoms with van der Waals surface area (Å²) < 4.78 is 0. The van der Waals surface area contributed by atoms with Gasteiger partial charge in [0.25, 0.3) is 0 Å². The van der Waals surface area contributed by atoms with E-state index in [1.807, 2.05) is 0 Å². The van der Waals surface area contributed by atoms with Gasteiger partial charge in [0.2, 0.25) is 0 Å². The van der Waals surface area contributed by atoms with E-state index in [2.05, 4.69) is 55.2 Å². The molecule has 1 rings (SSSR count). The zero-order chi connectivity index (χ0) is 14.3. The highest BCUT2D eigenvalue weighted by atomic mass is 15.1. The molecule has 0 aromatic carbocycles. The Balaban J connectivity index is 3.09. The number of anilines is 2. The summed E-state index contributed by atoms with van der Waals surface area (Å²) in [5.74, 6) is 1.94. The van der Waals surface area contributed by atoms with Crippen molar-refractivity contribution in [2.24, 2.45) is 0 Å². The largest absolute Gasteiger partial charge is 0.370 e. The monoisotopic (exact) mass is 264 g/mol. The summed E-state index contributed by atoms with van der Waals surface area (Å²) in [4.78, 5) is 8.80. The third-order valence-corrected chi connectivity index (χ3v) is 4.06. The van der Waals surface area contributed by atoms with E-state index in [1.165, 1.54) is 5.56 Å². The smallest absolute Gasteiger partial charge is 0.135 e. The van der Waals surface area contributed by atoms with Gasteiger partial charge >= 0.3 is 0 Å². The fourth-order valence-corrected chi connectivity index (χ4v) is 2.44. The van der Waals surface area contributed by atoms with Gasteiger partial charge in [-0.15, -0.1) is 0 Å². The van der Waals surface area contributed by atoms with Crippen LogP contribution in [0.2, 0.25) is 0 Å². The van der Waals surface area contributed by atoms with Crippen molar-refractivity contribution in [3.05, 3.63) is 11.9 Å². The highest BCUT2D eigenvalue weighted by Gasteiger charge is 2.25. The first-order chi connectivity index (χ1) is 9.16. The Kier molecular flexibility index (Phi) is 6.06. The molecule has 0 unspecified atom stereocenters. The molecular weight excluding hydrogens is 236 g/mol. The van der Waals surface area contributed by atoms with Crippen LogP contribution in [0.15, 0.2) is 6.33 Å². The van der Waals surface area contributed by atoms with Crippen molar-refractivity contribution >= 4 is 11.6 Å². The summed E-state index contributed by atoms with van der Waals surface area (Å²) in [6, 6.07) is 0.